The minimum atomic E-state index is -0.487. The van der Waals surface area contributed by atoms with Gasteiger partial charge in [-0.15, -0.1) is 0 Å². The van der Waals surface area contributed by atoms with E-state index in [9.17, 15) is 9.59 Å². The summed E-state index contributed by atoms with van der Waals surface area (Å²) >= 11 is 0. The highest BCUT2D eigenvalue weighted by molar-refractivity contribution is 5.99. The molecule has 3 rings (SSSR count). The molecule has 1 aromatic heterocycles. The molecule has 2 aromatic carbocycles. The van der Waals surface area contributed by atoms with Gasteiger partial charge in [0.05, 0.1) is 17.2 Å². The van der Waals surface area contributed by atoms with Gasteiger partial charge in [-0.3, -0.25) is 20.4 Å². The lowest BCUT2D eigenvalue weighted by Gasteiger charge is -2.10. The molecular formula is C22H19N3O4. The highest BCUT2D eigenvalue weighted by Crippen LogP contribution is 2.17. The van der Waals surface area contributed by atoms with Gasteiger partial charge in [0.1, 0.15) is 23.9 Å². The number of hydrogen-bond donors (Lipinski definition) is 2. The average Bonchev–Trinajstić information content (AvgIpc) is 3.08. The lowest BCUT2D eigenvalue weighted by Crippen LogP contribution is -2.41. The maximum Gasteiger partial charge on any atom is 0.273 e. The molecule has 0 aliphatic heterocycles. The molecule has 2 amide bonds. The van der Waals surface area contributed by atoms with Crippen molar-refractivity contribution >= 4 is 11.8 Å². The van der Waals surface area contributed by atoms with Crippen molar-refractivity contribution in [3.05, 3.63) is 88.4 Å². The molecule has 0 bridgehead atoms. The van der Waals surface area contributed by atoms with Crippen molar-refractivity contribution < 1.29 is 18.7 Å². The fourth-order valence-corrected chi connectivity index (χ4v) is 2.75. The van der Waals surface area contributed by atoms with Gasteiger partial charge in [-0.05, 0) is 44.2 Å². The van der Waals surface area contributed by atoms with Crippen molar-refractivity contribution in [1.82, 2.24) is 10.9 Å². The third-order valence-electron chi connectivity index (χ3n) is 4.20. The summed E-state index contributed by atoms with van der Waals surface area (Å²) in [6.07, 6.45) is 0. The minimum absolute atomic E-state index is 0.199. The van der Waals surface area contributed by atoms with E-state index < -0.39 is 11.8 Å². The summed E-state index contributed by atoms with van der Waals surface area (Å²) in [5.41, 5.74) is 6.70. The molecule has 0 aliphatic rings. The van der Waals surface area contributed by atoms with E-state index in [2.05, 4.69) is 16.9 Å². The summed E-state index contributed by atoms with van der Waals surface area (Å²) < 4.78 is 11.0. The molecule has 0 saturated heterocycles. The molecule has 0 fully saturated rings. The topological polar surface area (TPSA) is 104 Å². The van der Waals surface area contributed by atoms with Crippen molar-refractivity contribution in [3.8, 4) is 11.8 Å². The molecule has 0 unspecified atom stereocenters. The van der Waals surface area contributed by atoms with Crippen LogP contribution in [0.5, 0.6) is 5.75 Å². The highest BCUT2D eigenvalue weighted by atomic mass is 16.5. The Balaban J connectivity index is 1.61. The van der Waals surface area contributed by atoms with E-state index in [0.29, 0.717) is 34.0 Å². The standard InChI is InChI=1S/C22H19N3O4/c1-14-10-20(15(2)29-14)22(27)25-24-21(26)16-8-5-9-19(11-16)28-13-18-7-4-3-6-17(18)12-23/h3-11H,13H2,1-2H3,(H,24,26)(H,25,27). The van der Waals surface area contributed by atoms with Gasteiger partial charge in [0.2, 0.25) is 0 Å². The van der Waals surface area contributed by atoms with Crippen LogP contribution in [0.15, 0.2) is 59.0 Å². The Morgan fingerprint density at radius 2 is 1.79 bits per heavy atom. The van der Waals surface area contributed by atoms with E-state index in [-0.39, 0.29) is 6.61 Å². The van der Waals surface area contributed by atoms with Crippen molar-refractivity contribution in [2.75, 3.05) is 0 Å². The summed E-state index contributed by atoms with van der Waals surface area (Å²) in [6, 6.07) is 17.4. The molecule has 1 heterocycles. The smallest absolute Gasteiger partial charge is 0.273 e. The van der Waals surface area contributed by atoms with Crippen LogP contribution in [0.1, 0.15) is 43.4 Å². The summed E-state index contributed by atoms with van der Waals surface area (Å²) in [5.74, 6) is 0.606. The van der Waals surface area contributed by atoms with Crippen LogP contribution in [0.25, 0.3) is 0 Å². The Labute approximate surface area is 167 Å². The molecule has 0 saturated carbocycles. The molecular weight excluding hydrogens is 370 g/mol. The number of carbonyl (C=O) groups is 2. The van der Waals surface area contributed by atoms with Gasteiger partial charge in [0, 0.05) is 11.1 Å². The number of hydrazine groups is 1. The number of carbonyl (C=O) groups excluding carboxylic acids is 2. The summed E-state index contributed by atoms with van der Waals surface area (Å²) in [4.78, 5) is 24.5. The second-order valence-electron chi connectivity index (χ2n) is 6.32. The van der Waals surface area contributed by atoms with E-state index in [0.717, 1.165) is 5.56 Å². The third kappa shape index (κ3) is 4.82. The first-order valence-electron chi connectivity index (χ1n) is 8.86. The van der Waals surface area contributed by atoms with Crippen LogP contribution in [0, 0.1) is 25.2 Å². The number of amides is 2. The zero-order valence-corrected chi connectivity index (χ0v) is 16.0. The summed E-state index contributed by atoms with van der Waals surface area (Å²) in [7, 11) is 0. The zero-order valence-electron chi connectivity index (χ0n) is 16.0. The van der Waals surface area contributed by atoms with Crippen LogP contribution in [-0.2, 0) is 6.61 Å². The van der Waals surface area contributed by atoms with Crippen LogP contribution in [0.4, 0.5) is 0 Å². The van der Waals surface area contributed by atoms with Crippen LogP contribution in [-0.4, -0.2) is 11.8 Å². The Hall–Kier alpha value is -4.05. The number of ether oxygens (including phenoxy) is 1. The quantitative estimate of drug-likeness (QED) is 0.651. The molecule has 0 atom stereocenters. The van der Waals surface area contributed by atoms with Gasteiger partial charge in [0.15, 0.2) is 0 Å². The normalized spacial score (nSPS) is 10.1. The molecule has 0 spiro atoms. The lowest BCUT2D eigenvalue weighted by atomic mass is 10.1. The monoisotopic (exact) mass is 389 g/mol. The van der Waals surface area contributed by atoms with Gasteiger partial charge >= 0.3 is 0 Å². The SMILES string of the molecule is Cc1cc(C(=O)NNC(=O)c2cccc(OCc3ccccc3C#N)c2)c(C)o1. The predicted octanol–water partition coefficient (Wildman–Crippen LogP) is 3.42. The third-order valence-corrected chi connectivity index (χ3v) is 4.20. The number of hydrogen-bond acceptors (Lipinski definition) is 5. The van der Waals surface area contributed by atoms with Gasteiger partial charge in [0.25, 0.3) is 11.8 Å². The number of nitriles is 1. The molecule has 146 valence electrons. The number of rotatable bonds is 5. The first kappa shape index (κ1) is 19.7. The van der Waals surface area contributed by atoms with Gasteiger partial charge in [-0.25, -0.2) is 0 Å². The summed E-state index contributed by atoms with van der Waals surface area (Å²) in [5, 5.41) is 9.14. The first-order valence-corrected chi connectivity index (χ1v) is 8.86. The van der Waals surface area contributed by atoms with Crippen LogP contribution >= 0.6 is 0 Å². The molecule has 7 heteroatoms. The second-order valence-corrected chi connectivity index (χ2v) is 6.32. The molecule has 7 nitrogen and oxygen atoms in total. The number of furan rings is 1. The lowest BCUT2D eigenvalue weighted by molar-refractivity contribution is 0.0845. The van der Waals surface area contributed by atoms with Crippen LogP contribution in [0.3, 0.4) is 0 Å². The highest BCUT2D eigenvalue weighted by Gasteiger charge is 2.15. The largest absolute Gasteiger partial charge is 0.489 e. The fourth-order valence-electron chi connectivity index (χ4n) is 2.75. The van der Waals surface area contributed by atoms with Gasteiger partial charge < -0.3 is 9.15 Å². The molecule has 2 N–H and O–H groups in total. The predicted molar refractivity (Wildman–Crippen MR) is 105 cm³/mol. The molecule has 0 aliphatic carbocycles. The zero-order chi connectivity index (χ0) is 20.8. The maximum absolute atomic E-state index is 12.3. The molecule has 3 aromatic rings. The van der Waals surface area contributed by atoms with E-state index in [1.807, 2.05) is 12.1 Å². The maximum atomic E-state index is 12.3. The van der Waals surface area contributed by atoms with Crippen molar-refractivity contribution in [1.29, 1.82) is 5.26 Å². The van der Waals surface area contributed by atoms with Crippen molar-refractivity contribution in [2.24, 2.45) is 0 Å². The number of aryl methyl sites for hydroxylation is 2. The van der Waals surface area contributed by atoms with Crippen molar-refractivity contribution in [2.45, 2.75) is 20.5 Å². The second kappa shape index (κ2) is 8.76. The molecule has 0 radical (unpaired) electrons. The number of benzene rings is 2. The van der Waals surface area contributed by atoms with E-state index in [4.69, 9.17) is 14.4 Å². The van der Waals surface area contributed by atoms with Crippen LogP contribution < -0.4 is 15.6 Å². The minimum Gasteiger partial charge on any atom is -0.489 e. The molecule has 29 heavy (non-hydrogen) atoms. The van der Waals surface area contributed by atoms with Crippen LogP contribution in [0.2, 0.25) is 0 Å². The average molecular weight is 389 g/mol. The fraction of sp³-hybridized carbons (Fsp3) is 0.136. The first-order chi connectivity index (χ1) is 14.0. The number of nitrogens with zero attached hydrogens (tertiary/aromatic N) is 1. The Morgan fingerprint density at radius 3 is 2.52 bits per heavy atom. The number of nitrogens with one attached hydrogen (secondary N) is 2. The van der Waals surface area contributed by atoms with E-state index >= 15 is 0 Å². The van der Waals surface area contributed by atoms with E-state index in [1.165, 1.54) is 0 Å². The van der Waals surface area contributed by atoms with Crippen molar-refractivity contribution in [3.63, 3.8) is 0 Å². The Morgan fingerprint density at radius 1 is 1.03 bits per heavy atom. The van der Waals surface area contributed by atoms with Gasteiger partial charge in [-0.1, -0.05) is 24.3 Å². The van der Waals surface area contributed by atoms with Gasteiger partial charge in [-0.2, -0.15) is 5.26 Å². The Bertz CT molecular complexity index is 1100. The van der Waals surface area contributed by atoms with E-state index in [1.54, 1.807) is 56.3 Å². The Kier molecular flexibility index (Phi) is 5.95. The summed E-state index contributed by atoms with van der Waals surface area (Å²) in [6.45, 7) is 3.61.